The third-order valence-corrected chi connectivity index (χ3v) is 3.78. The number of nitrogens with zero attached hydrogens (tertiary/aromatic N) is 2. The Balaban J connectivity index is 2.18. The minimum absolute atomic E-state index is 0.503. The van der Waals surface area contributed by atoms with Crippen molar-refractivity contribution in [1.82, 2.24) is 9.88 Å². The van der Waals surface area contributed by atoms with Crippen molar-refractivity contribution in [3.63, 3.8) is 0 Å². The summed E-state index contributed by atoms with van der Waals surface area (Å²) in [7, 11) is 2.17. The molecule has 2 rings (SSSR count). The van der Waals surface area contributed by atoms with E-state index in [1.165, 1.54) is 12.1 Å². The highest BCUT2D eigenvalue weighted by Crippen LogP contribution is 2.40. The fourth-order valence-electron chi connectivity index (χ4n) is 1.72. The average molecular weight is 194 g/mol. The quantitative estimate of drug-likeness (QED) is 0.681. The lowest BCUT2D eigenvalue weighted by molar-refractivity contribution is 0.346. The van der Waals surface area contributed by atoms with Crippen molar-refractivity contribution in [2.75, 3.05) is 13.6 Å². The van der Waals surface area contributed by atoms with E-state index in [1.54, 1.807) is 0 Å². The smallest absolute Gasteiger partial charge is 0.0830 e. The fourth-order valence-corrected chi connectivity index (χ4v) is 3.08. The van der Waals surface area contributed by atoms with Gasteiger partial charge in [-0.05, 0) is 18.7 Å². The molecule has 0 unspecified atom stereocenters. The molecule has 13 heavy (non-hydrogen) atoms. The minimum atomic E-state index is 0.503. The van der Waals surface area contributed by atoms with Gasteiger partial charge in [0.15, 0.2) is 0 Å². The van der Waals surface area contributed by atoms with E-state index in [-0.39, 0.29) is 0 Å². The summed E-state index contributed by atoms with van der Waals surface area (Å²) in [5.41, 5.74) is 1.32. The summed E-state index contributed by atoms with van der Waals surface area (Å²) < 4.78 is 0. The Kier molecular flexibility index (Phi) is 2.56. The van der Waals surface area contributed by atoms with Gasteiger partial charge in [0, 0.05) is 24.2 Å². The van der Waals surface area contributed by atoms with Crippen LogP contribution in [0.3, 0.4) is 0 Å². The van der Waals surface area contributed by atoms with E-state index >= 15 is 0 Å². The Labute approximate surface area is 83.4 Å². The van der Waals surface area contributed by atoms with Crippen molar-refractivity contribution in [1.29, 1.82) is 0 Å². The van der Waals surface area contributed by atoms with Gasteiger partial charge in [-0.3, -0.25) is 9.88 Å². The summed E-state index contributed by atoms with van der Waals surface area (Å²) in [6.45, 7) is 3.45. The van der Waals surface area contributed by atoms with E-state index in [4.69, 9.17) is 0 Å². The van der Waals surface area contributed by atoms with Gasteiger partial charge in [-0.25, -0.2) is 0 Å². The van der Waals surface area contributed by atoms with Crippen LogP contribution in [0.5, 0.6) is 0 Å². The Morgan fingerprint density at radius 1 is 1.62 bits per heavy atom. The molecule has 2 atom stereocenters. The van der Waals surface area contributed by atoms with Crippen molar-refractivity contribution >= 4 is 11.8 Å². The standard InChI is InChI=1S/C10H14N2S/c1-8-7-12(2)10(13-8)9-4-3-5-11-6-9/h3-6,8,10H,7H2,1-2H3/t8-,10+/m0/s1. The monoisotopic (exact) mass is 194 g/mol. The van der Waals surface area contributed by atoms with E-state index in [2.05, 4.69) is 29.9 Å². The topological polar surface area (TPSA) is 16.1 Å². The molecule has 0 aliphatic carbocycles. The van der Waals surface area contributed by atoms with Gasteiger partial charge < -0.3 is 0 Å². The molecule has 0 saturated carbocycles. The molecule has 1 fully saturated rings. The molecule has 0 amide bonds. The predicted octanol–water partition coefficient (Wildman–Crippen LogP) is 2.15. The van der Waals surface area contributed by atoms with Gasteiger partial charge in [0.1, 0.15) is 0 Å². The molecule has 0 N–H and O–H groups in total. The van der Waals surface area contributed by atoms with Gasteiger partial charge in [0.05, 0.1) is 5.37 Å². The lowest BCUT2D eigenvalue weighted by atomic mass is 10.2. The van der Waals surface area contributed by atoms with Crippen LogP contribution in [-0.4, -0.2) is 28.7 Å². The molecule has 1 aliphatic rings. The van der Waals surface area contributed by atoms with Crippen LogP contribution in [0.15, 0.2) is 24.5 Å². The molecule has 3 heteroatoms. The van der Waals surface area contributed by atoms with Gasteiger partial charge in [-0.15, -0.1) is 11.8 Å². The van der Waals surface area contributed by atoms with Crippen LogP contribution in [0.2, 0.25) is 0 Å². The Morgan fingerprint density at radius 3 is 3.00 bits per heavy atom. The van der Waals surface area contributed by atoms with Crippen molar-refractivity contribution in [3.05, 3.63) is 30.1 Å². The summed E-state index contributed by atoms with van der Waals surface area (Å²) in [6.07, 6.45) is 3.79. The molecule has 2 nitrogen and oxygen atoms in total. The average Bonchev–Trinajstić information content (AvgIpc) is 2.47. The third-order valence-electron chi connectivity index (χ3n) is 2.28. The largest absolute Gasteiger partial charge is 0.290 e. The van der Waals surface area contributed by atoms with Gasteiger partial charge in [0.25, 0.3) is 0 Å². The minimum Gasteiger partial charge on any atom is -0.290 e. The van der Waals surface area contributed by atoms with Gasteiger partial charge in [-0.2, -0.15) is 0 Å². The molecule has 1 saturated heterocycles. The summed E-state index contributed by atoms with van der Waals surface area (Å²) in [6, 6.07) is 4.16. The number of hydrogen-bond donors (Lipinski definition) is 0. The first-order valence-electron chi connectivity index (χ1n) is 4.53. The highest BCUT2D eigenvalue weighted by atomic mass is 32.2. The lowest BCUT2D eigenvalue weighted by Gasteiger charge is -2.17. The zero-order chi connectivity index (χ0) is 9.26. The van der Waals surface area contributed by atoms with E-state index in [0.717, 1.165) is 5.25 Å². The van der Waals surface area contributed by atoms with Crippen LogP contribution < -0.4 is 0 Å². The van der Waals surface area contributed by atoms with Crippen LogP contribution in [0.4, 0.5) is 0 Å². The molecule has 0 radical (unpaired) electrons. The molecule has 1 aliphatic heterocycles. The second kappa shape index (κ2) is 3.68. The summed E-state index contributed by atoms with van der Waals surface area (Å²) in [5.74, 6) is 0. The molecule has 0 bridgehead atoms. The fraction of sp³-hybridized carbons (Fsp3) is 0.500. The molecule has 70 valence electrons. The number of aromatic nitrogens is 1. The first kappa shape index (κ1) is 9.03. The highest BCUT2D eigenvalue weighted by molar-refractivity contribution is 8.00. The van der Waals surface area contributed by atoms with Crippen LogP contribution in [0.25, 0.3) is 0 Å². The first-order chi connectivity index (χ1) is 6.27. The third kappa shape index (κ3) is 1.86. The summed E-state index contributed by atoms with van der Waals surface area (Å²) in [4.78, 5) is 6.53. The second-order valence-corrected chi connectivity index (χ2v) is 5.05. The predicted molar refractivity (Wildman–Crippen MR) is 56.7 cm³/mol. The van der Waals surface area contributed by atoms with Crippen LogP contribution >= 0.6 is 11.8 Å². The van der Waals surface area contributed by atoms with Crippen molar-refractivity contribution < 1.29 is 0 Å². The van der Waals surface area contributed by atoms with Gasteiger partial charge in [0.2, 0.25) is 0 Å². The zero-order valence-electron chi connectivity index (χ0n) is 7.97. The SMILES string of the molecule is C[C@H]1CN(C)[C@@H](c2cccnc2)S1. The molecule has 2 heterocycles. The van der Waals surface area contributed by atoms with E-state index < -0.39 is 0 Å². The molecule has 0 aromatic carbocycles. The number of hydrogen-bond acceptors (Lipinski definition) is 3. The van der Waals surface area contributed by atoms with Crippen molar-refractivity contribution in [2.45, 2.75) is 17.5 Å². The number of rotatable bonds is 1. The summed E-state index contributed by atoms with van der Waals surface area (Å²) in [5, 5.41) is 1.24. The van der Waals surface area contributed by atoms with Crippen molar-refractivity contribution in [2.24, 2.45) is 0 Å². The van der Waals surface area contributed by atoms with Crippen LogP contribution in [0, 0.1) is 0 Å². The van der Waals surface area contributed by atoms with Gasteiger partial charge >= 0.3 is 0 Å². The van der Waals surface area contributed by atoms with Crippen LogP contribution in [-0.2, 0) is 0 Å². The molecule has 1 aromatic heterocycles. The Hall–Kier alpha value is -0.540. The Bertz CT molecular complexity index is 276. The lowest BCUT2D eigenvalue weighted by Crippen LogP contribution is -2.18. The second-order valence-electron chi connectivity index (χ2n) is 3.52. The molecule has 1 aromatic rings. The number of pyridine rings is 1. The highest BCUT2D eigenvalue weighted by Gasteiger charge is 2.28. The molecule has 0 spiro atoms. The normalized spacial score (nSPS) is 29.4. The summed E-state index contributed by atoms with van der Waals surface area (Å²) >= 11 is 2.01. The maximum atomic E-state index is 4.15. The van der Waals surface area contributed by atoms with Crippen molar-refractivity contribution in [3.8, 4) is 0 Å². The van der Waals surface area contributed by atoms with E-state index in [0.29, 0.717) is 5.37 Å². The van der Waals surface area contributed by atoms with Gasteiger partial charge in [-0.1, -0.05) is 13.0 Å². The maximum absolute atomic E-state index is 4.15. The Morgan fingerprint density at radius 2 is 2.46 bits per heavy atom. The molecular weight excluding hydrogens is 180 g/mol. The maximum Gasteiger partial charge on any atom is 0.0830 e. The zero-order valence-corrected chi connectivity index (χ0v) is 8.79. The number of thioether (sulfide) groups is 1. The van der Waals surface area contributed by atoms with E-state index in [1.807, 2.05) is 30.2 Å². The van der Waals surface area contributed by atoms with Crippen LogP contribution in [0.1, 0.15) is 17.9 Å². The molecular formula is C10H14N2S. The van der Waals surface area contributed by atoms with E-state index in [9.17, 15) is 0 Å². The first-order valence-corrected chi connectivity index (χ1v) is 5.47.